The van der Waals surface area contributed by atoms with Gasteiger partial charge in [-0.05, 0) is 5.69 Å². The summed E-state index contributed by atoms with van der Waals surface area (Å²) in [6.07, 6.45) is 6.00. The van der Waals surface area contributed by atoms with E-state index in [0.717, 1.165) is 0 Å². The molecule has 0 saturated heterocycles. The van der Waals surface area contributed by atoms with Crippen molar-refractivity contribution in [1.82, 2.24) is 15.0 Å². The fourth-order valence-corrected chi connectivity index (χ4v) is 0.717. The van der Waals surface area contributed by atoms with Gasteiger partial charge < -0.3 is 9.40 Å². The van der Waals surface area contributed by atoms with Gasteiger partial charge in [-0.15, -0.1) is 0 Å². The van der Waals surface area contributed by atoms with E-state index in [1.54, 1.807) is 6.20 Å². The molecule has 64 valence electrons. The van der Waals surface area contributed by atoms with Crippen LogP contribution in [0.4, 0.5) is 0 Å². The molecule has 0 aliphatic carbocycles. The van der Waals surface area contributed by atoms with Gasteiger partial charge in [-0.25, -0.2) is 0 Å². The van der Waals surface area contributed by atoms with Gasteiger partial charge in [0.25, 0.3) is 0 Å². The molecular weight excluding hydrogens is 337 g/mol. The number of hydrogen-bond donors (Lipinski definition) is 0. The molecule has 0 radical (unpaired) electrons. The number of hydrogen-bond acceptors (Lipinski definition) is 4. The second-order valence-corrected chi connectivity index (χ2v) is 1.85. The molecule has 0 saturated carbocycles. The molecule has 0 atom stereocenters. The second kappa shape index (κ2) is 4.12. The van der Waals surface area contributed by atoms with Gasteiger partial charge in [0.1, 0.15) is 6.33 Å². The van der Waals surface area contributed by atoms with E-state index in [0.29, 0.717) is 11.6 Å². The average molecular weight is 341 g/mol. The van der Waals surface area contributed by atoms with E-state index in [4.69, 9.17) is 4.42 Å². The molecule has 0 aromatic carbocycles. The van der Waals surface area contributed by atoms with Crippen LogP contribution in [0.3, 0.4) is 0 Å². The number of rotatable bonds is 1. The first-order valence-electron chi connectivity index (χ1n) is 3.04. The van der Waals surface area contributed by atoms with Crippen molar-refractivity contribution >= 4 is 0 Å². The van der Waals surface area contributed by atoms with Gasteiger partial charge in [0.05, 0.1) is 12.2 Å². The minimum Gasteiger partial charge on any atom is -0.530 e. The number of oxazole rings is 1. The third-order valence-electron chi connectivity index (χ3n) is 1.16. The predicted molar refractivity (Wildman–Crippen MR) is 36.4 cm³/mol. The molecule has 5 heteroatoms. The van der Waals surface area contributed by atoms with Crippen LogP contribution in [-0.4, -0.2) is 15.0 Å². The van der Waals surface area contributed by atoms with Crippen molar-refractivity contribution in [2.75, 3.05) is 0 Å². The summed E-state index contributed by atoms with van der Waals surface area (Å²) in [4.78, 5) is 11.5. The maximum atomic E-state index is 4.99. The predicted octanol–water partition coefficient (Wildman–Crippen LogP) is 0.929. The van der Waals surface area contributed by atoms with Crippen LogP contribution in [-0.2, 0) is 21.1 Å². The third kappa shape index (κ3) is 1.77. The summed E-state index contributed by atoms with van der Waals surface area (Å²) < 4.78 is 4.99. The van der Waals surface area contributed by atoms with Gasteiger partial charge in [0, 0.05) is 27.3 Å². The van der Waals surface area contributed by atoms with Crippen molar-refractivity contribution in [3.63, 3.8) is 0 Å². The summed E-state index contributed by atoms with van der Waals surface area (Å²) in [7, 11) is 0. The monoisotopic (exact) mass is 341 g/mol. The fourth-order valence-electron chi connectivity index (χ4n) is 0.717. The zero-order chi connectivity index (χ0) is 7.52. The van der Waals surface area contributed by atoms with Gasteiger partial charge in [-0.3, -0.25) is 9.97 Å². The quantitative estimate of drug-likeness (QED) is 0.724. The van der Waals surface area contributed by atoms with Crippen molar-refractivity contribution in [3.8, 4) is 11.6 Å². The zero-order valence-corrected chi connectivity index (χ0v) is 8.15. The summed E-state index contributed by atoms with van der Waals surface area (Å²) in [5, 5.41) is 0. The van der Waals surface area contributed by atoms with Gasteiger partial charge in [-0.1, -0.05) is 6.20 Å². The van der Waals surface area contributed by atoms with E-state index < -0.39 is 0 Å². The maximum absolute atomic E-state index is 4.99. The van der Waals surface area contributed by atoms with Crippen LogP contribution in [0, 0.1) is 6.07 Å². The Labute approximate surface area is 83.3 Å². The van der Waals surface area contributed by atoms with Gasteiger partial charge in [0.15, 0.2) is 0 Å². The molecule has 0 spiro atoms. The van der Waals surface area contributed by atoms with Crippen molar-refractivity contribution in [1.29, 1.82) is 0 Å². The molecule has 4 nitrogen and oxygen atoms in total. The Morgan fingerprint density at radius 2 is 2.25 bits per heavy atom. The van der Waals surface area contributed by atoms with Crippen molar-refractivity contribution < 1.29 is 25.5 Å². The summed E-state index contributed by atoms with van der Waals surface area (Å²) in [5.41, 5.74) is 0.574. The van der Waals surface area contributed by atoms with E-state index in [1.165, 1.54) is 18.8 Å². The Bertz CT molecular complexity index is 322. The second-order valence-electron chi connectivity index (χ2n) is 1.85. The number of nitrogens with zero attached hydrogens (tertiary/aromatic N) is 3. The van der Waals surface area contributed by atoms with E-state index >= 15 is 0 Å². The largest absolute Gasteiger partial charge is 0.530 e. The topological polar surface area (TPSA) is 51.8 Å². The first kappa shape index (κ1) is 9.07. The standard InChI is InChI=1S/C7H4N3O.Pt/c1-2-8-5-10-6(1)7-9-3-4-11-7;/h2-5H;/q-1;. The fraction of sp³-hybridized carbons (Fsp3) is 0. The Kier molecular flexibility index (Phi) is 3.11. The summed E-state index contributed by atoms with van der Waals surface area (Å²) in [6, 6.07) is 2.79. The molecule has 12 heavy (non-hydrogen) atoms. The Morgan fingerprint density at radius 3 is 2.83 bits per heavy atom. The molecule has 0 unspecified atom stereocenters. The molecule has 0 amide bonds. The molecule has 0 aliphatic rings. The molecule has 0 fully saturated rings. The van der Waals surface area contributed by atoms with Gasteiger partial charge in [-0.2, -0.15) is 6.07 Å². The summed E-state index contributed by atoms with van der Waals surface area (Å²) >= 11 is 0. The smallest absolute Gasteiger partial charge is 0.110 e. The SMILES string of the molecule is [Pt].[c-]1cncnc1-c1ncco1. The number of aromatic nitrogens is 3. The van der Waals surface area contributed by atoms with Crippen LogP contribution < -0.4 is 0 Å². The molecule has 0 bridgehead atoms. The van der Waals surface area contributed by atoms with E-state index in [2.05, 4.69) is 21.0 Å². The van der Waals surface area contributed by atoms with Crippen LogP contribution >= 0.6 is 0 Å². The van der Waals surface area contributed by atoms with E-state index in [-0.39, 0.29) is 21.1 Å². The van der Waals surface area contributed by atoms with Gasteiger partial charge >= 0.3 is 0 Å². The summed E-state index contributed by atoms with van der Waals surface area (Å²) in [5.74, 6) is 0.465. The average Bonchev–Trinajstić information content (AvgIpc) is 2.58. The van der Waals surface area contributed by atoms with Crippen LogP contribution in [0.2, 0.25) is 0 Å². The maximum Gasteiger partial charge on any atom is 0.110 e. The Hall–Kier alpha value is -1.02. The Balaban J connectivity index is 0.000000720. The zero-order valence-electron chi connectivity index (χ0n) is 5.88. The van der Waals surface area contributed by atoms with Crippen molar-refractivity contribution in [3.05, 3.63) is 31.1 Å². The third-order valence-corrected chi connectivity index (χ3v) is 1.16. The Morgan fingerprint density at radius 1 is 1.33 bits per heavy atom. The first-order chi connectivity index (χ1) is 5.47. The minimum absolute atomic E-state index is 0. The van der Waals surface area contributed by atoms with Crippen molar-refractivity contribution in [2.24, 2.45) is 0 Å². The minimum atomic E-state index is 0. The van der Waals surface area contributed by atoms with E-state index in [1.807, 2.05) is 0 Å². The van der Waals surface area contributed by atoms with Crippen LogP contribution in [0.5, 0.6) is 0 Å². The van der Waals surface area contributed by atoms with Gasteiger partial charge in [0.2, 0.25) is 0 Å². The van der Waals surface area contributed by atoms with Crippen LogP contribution in [0.15, 0.2) is 29.4 Å². The van der Waals surface area contributed by atoms with E-state index in [9.17, 15) is 0 Å². The molecule has 2 rings (SSSR count). The molecular formula is C7H4N3OPt-. The van der Waals surface area contributed by atoms with Crippen molar-refractivity contribution in [2.45, 2.75) is 0 Å². The summed E-state index contributed by atoms with van der Waals surface area (Å²) in [6.45, 7) is 0. The molecule has 2 aromatic rings. The molecule has 0 aliphatic heterocycles. The van der Waals surface area contributed by atoms with Crippen LogP contribution in [0.25, 0.3) is 11.6 Å². The normalized spacial score (nSPS) is 9.00. The first-order valence-corrected chi connectivity index (χ1v) is 3.04. The molecule has 2 aromatic heterocycles. The molecule has 2 heterocycles. The molecule has 0 N–H and O–H groups in total. The van der Waals surface area contributed by atoms with Crippen LogP contribution in [0.1, 0.15) is 0 Å².